The van der Waals surface area contributed by atoms with Crippen LogP contribution in [0, 0.1) is 0 Å². The van der Waals surface area contributed by atoms with Crippen LogP contribution in [0.5, 0.6) is 0 Å². The predicted molar refractivity (Wildman–Crippen MR) is 82.9 cm³/mol. The SMILES string of the molecule is CC(=O)N[C@H]1CCCN(CCC(=O)NC2CCCCC2)C1. The molecule has 1 aliphatic carbocycles. The van der Waals surface area contributed by atoms with Gasteiger partial charge < -0.3 is 15.5 Å². The van der Waals surface area contributed by atoms with Crippen LogP contribution in [0.15, 0.2) is 0 Å². The quantitative estimate of drug-likeness (QED) is 0.806. The van der Waals surface area contributed by atoms with E-state index >= 15 is 0 Å². The Balaban J connectivity index is 1.64. The zero-order valence-corrected chi connectivity index (χ0v) is 13.2. The van der Waals surface area contributed by atoms with E-state index in [0.29, 0.717) is 12.5 Å². The van der Waals surface area contributed by atoms with Crippen LogP contribution in [-0.4, -0.2) is 48.4 Å². The molecule has 21 heavy (non-hydrogen) atoms. The molecule has 5 heteroatoms. The minimum Gasteiger partial charge on any atom is -0.353 e. The number of hydrogen-bond acceptors (Lipinski definition) is 3. The fourth-order valence-electron chi connectivity index (χ4n) is 3.47. The van der Waals surface area contributed by atoms with Crippen molar-refractivity contribution in [3.63, 3.8) is 0 Å². The summed E-state index contributed by atoms with van der Waals surface area (Å²) in [5.41, 5.74) is 0. The average molecular weight is 295 g/mol. The van der Waals surface area contributed by atoms with Gasteiger partial charge in [0.1, 0.15) is 0 Å². The number of amides is 2. The van der Waals surface area contributed by atoms with Crippen LogP contribution in [0.1, 0.15) is 58.3 Å². The van der Waals surface area contributed by atoms with E-state index in [1.807, 2.05) is 0 Å². The Morgan fingerprint density at radius 2 is 1.71 bits per heavy atom. The van der Waals surface area contributed by atoms with Gasteiger partial charge in [0.2, 0.25) is 11.8 Å². The molecule has 0 radical (unpaired) electrons. The topological polar surface area (TPSA) is 61.4 Å². The van der Waals surface area contributed by atoms with Gasteiger partial charge >= 0.3 is 0 Å². The van der Waals surface area contributed by atoms with Crippen molar-refractivity contribution in [2.24, 2.45) is 0 Å². The Morgan fingerprint density at radius 1 is 1.00 bits per heavy atom. The Hall–Kier alpha value is -1.10. The summed E-state index contributed by atoms with van der Waals surface area (Å²) in [6.45, 7) is 4.27. The van der Waals surface area contributed by atoms with E-state index in [9.17, 15) is 9.59 Å². The van der Waals surface area contributed by atoms with E-state index in [-0.39, 0.29) is 17.9 Å². The Morgan fingerprint density at radius 3 is 2.43 bits per heavy atom. The summed E-state index contributed by atoms with van der Waals surface area (Å²) >= 11 is 0. The molecule has 2 N–H and O–H groups in total. The number of nitrogens with zero attached hydrogens (tertiary/aromatic N) is 1. The molecule has 1 aliphatic heterocycles. The van der Waals surface area contributed by atoms with Crippen molar-refractivity contribution in [2.75, 3.05) is 19.6 Å². The van der Waals surface area contributed by atoms with Crippen LogP contribution in [0.2, 0.25) is 0 Å². The van der Waals surface area contributed by atoms with Crippen molar-refractivity contribution in [2.45, 2.75) is 70.4 Å². The first kappa shape index (κ1) is 16.3. The van der Waals surface area contributed by atoms with Gasteiger partial charge in [-0.3, -0.25) is 9.59 Å². The molecular weight excluding hydrogens is 266 g/mol. The smallest absolute Gasteiger partial charge is 0.221 e. The highest BCUT2D eigenvalue weighted by atomic mass is 16.2. The number of nitrogens with one attached hydrogen (secondary N) is 2. The molecule has 1 saturated heterocycles. The van der Waals surface area contributed by atoms with Gasteiger partial charge in [-0.2, -0.15) is 0 Å². The molecule has 2 amide bonds. The second-order valence-corrected chi connectivity index (χ2v) is 6.49. The van der Waals surface area contributed by atoms with Gasteiger partial charge in [0.15, 0.2) is 0 Å². The number of carbonyl (C=O) groups is 2. The largest absolute Gasteiger partial charge is 0.353 e. The standard InChI is InChI=1S/C16H29N3O2/c1-13(20)17-15-8-5-10-19(12-15)11-9-16(21)18-14-6-3-2-4-7-14/h14-15H,2-12H2,1H3,(H,17,20)(H,18,21)/t15-/m0/s1. The number of hydrogen-bond donors (Lipinski definition) is 2. The summed E-state index contributed by atoms with van der Waals surface area (Å²) in [4.78, 5) is 25.4. The maximum Gasteiger partial charge on any atom is 0.221 e. The average Bonchev–Trinajstić information content (AvgIpc) is 2.46. The lowest BCUT2D eigenvalue weighted by Crippen LogP contribution is -2.48. The maximum absolute atomic E-state index is 12.0. The van der Waals surface area contributed by atoms with Crippen LogP contribution in [0.25, 0.3) is 0 Å². The summed E-state index contributed by atoms with van der Waals surface area (Å²) < 4.78 is 0. The summed E-state index contributed by atoms with van der Waals surface area (Å²) in [6, 6.07) is 0.650. The lowest BCUT2D eigenvalue weighted by atomic mass is 9.95. The summed E-state index contributed by atoms with van der Waals surface area (Å²) in [5, 5.41) is 6.15. The second-order valence-electron chi connectivity index (χ2n) is 6.49. The van der Waals surface area contributed by atoms with Crippen molar-refractivity contribution in [3.8, 4) is 0 Å². The fraction of sp³-hybridized carbons (Fsp3) is 0.875. The van der Waals surface area contributed by atoms with E-state index in [0.717, 1.165) is 45.3 Å². The molecule has 0 aromatic heterocycles. The van der Waals surface area contributed by atoms with Crippen molar-refractivity contribution < 1.29 is 9.59 Å². The lowest BCUT2D eigenvalue weighted by molar-refractivity contribution is -0.123. The van der Waals surface area contributed by atoms with Gasteiger partial charge in [-0.25, -0.2) is 0 Å². The molecule has 0 spiro atoms. The van der Waals surface area contributed by atoms with Gasteiger partial charge in [0, 0.05) is 38.5 Å². The Labute approximate surface area is 127 Å². The lowest BCUT2D eigenvalue weighted by Gasteiger charge is -2.33. The number of piperidine rings is 1. The second kappa shape index (κ2) is 8.37. The molecule has 1 saturated carbocycles. The highest BCUT2D eigenvalue weighted by molar-refractivity contribution is 5.76. The summed E-state index contributed by atoms with van der Waals surface area (Å²) in [7, 11) is 0. The normalized spacial score (nSPS) is 24.5. The predicted octanol–water partition coefficient (Wildman–Crippen LogP) is 1.43. The van der Waals surface area contributed by atoms with Crippen molar-refractivity contribution in [3.05, 3.63) is 0 Å². The molecular formula is C16H29N3O2. The fourth-order valence-corrected chi connectivity index (χ4v) is 3.47. The molecule has 0 aromatic rings. The van der Waals surface area contributed by atoms with Gasteiger partial charge in [-0.1, -0.05) is 19.3 Å². The third-order valence-electron chi connectivity index (χ3n) is 4.54. The van der Waals surface area contributed by atoms with Crippen LogP contribution >= 0.6 is 0 Å². The van der Waals surface area contributed by atoms with E-state index in [4.69, 9.17) is 0 Å². The van der Waals surface area contributed by atoms with Crippen LogP contribution < -0.4 is 10.6 Å². The van der Waals surface area contributed by atoms with Crippen molar-refractivity contribution >= 4 is 11.8 Å². The first-order valence-electron chi connectivity index (χ1n) is 8.42. The van der Waals surface area contributed by atoms with Crippen molar-refractivity contribution in [1.82, 2.24) is 15.5 Å². The molecule has 2 rings (SSSR count). The number of rotatable bonds is 5. The third-order valence-corrected chi connectivity index (χ3v) is 4.54. The first-order chi connectivity index (χ1) is 10.1. The molecule has 0 unspecified atom stereocenters. The highest BCUT2D eigenvalue weighted by Crippen LogP contribution is 2.17. The minimum absolute atomic E-state index is 0.0388. The zero-order chi connectivity index (χ0) is 15.1. The zero-order valence-electron chi connectivity index (χ0n) is 13.2. The third kappa shape index (κ3) is 6.04. The summed E-state index contributed by atoms with van der Waals surface area (Å²) in [5.74, 6) is 0.223. The van der Waals surface area contributed by atoms with Gasteiger partial charge in [0.25, 0.3) is 0 Å². The molecule has 120 valence electrons. The molecule has 2 fully saturated rings. The van der Waals surface area contributed by atoms with Crippen LogP contribution in [0.3, 0.4) is 0 Å². The Kier molecular flexibility index (Phi) is 6.49. The van der Waals surface area contributed by atoms with Crippen LogP contribution in [0.4, 0.5) is 0 Å². The van der Waals surface area contributed by atoms with E-state index < -0.39 is 0 Å². The molecule has 1 heterocycles. The van der Waals surface area contributed by atoms with E-state index in [2.05, 4.69) is 15.5 Å². The van der Waals surface area contributed by atoms with E-state index in [1.165, 1.54) is 19.3 Å². The minimum atomic E-state index is 0.0388. The Bertz CT molecular complexity index is 353. The first-order valence-corrected chi connectivity index (χ1v) is 8.42. The van der Waals surface area contributed by atoms with Crippen molar-refractivity contribution in [1.29, 1.82) is 0 Å². The monoisotopic (exact) mass is 295 g/mol. The molecule has 0 bridgehead atoms. The maximum atomic E-state index is 12.0. The van der Waals surface area contributed by atoms with Gasteiger partial charge in [-0.05, 0) is 32.2 Å². The molecule has 0 aromatic carbocycles. The van der Waals surface area contributed by atoms with E-state index in [1.54, 1.807) is 6.92 Å². The number of likely N-dealkylation sites (tertiary alicyclic amines) is 1. The van der Waals surface area contributed by atoms with Gasteiger partial charge in [0.05, 0.1) is 0 Å². The molecule has 5 nitrogen and oxygen atoms in total. The molecule has 2 aliphatic rings. The summed E-state index contributed by atoms with van der Waals surface area (Å²) in [6.07, 6.45) is 8.79. The number of carbonyl (C=O) groups excluding carboxylic acids is 2. The molecule has 1 atom stereocenters. The highest BCUT2D eigenvalue weighted by Gasteiger charge is 2.21. The van der Waals surface area contributed by atoms with Crippen LogP contribution in [-0.2, 0) is 9.59 Å². The van der Waals surface area contributed by atoms with Gasteiger partial charge in [-0.15, -0.1) is 0 Å².